The fraction of sp³-hybridized carbons (Fsp3) is 0.235. The number of hydrogen-bond donors (Lipinski definition) is 0. The second kappa shape index (κ2) is 7.84. The van der Waals surface area contributed by atoms with Crippen LogP contribution in [0, 0.1) is 0 Å². The lowest BCUT2D eigenvalue weighted by Gasteiger charge is -2.12. The highest BCUT2D eigenvalue weighted by atomic mass is 79.9. The molecule has 0 aromatic heterocycles. The van der Waals surface area contributed by atoms with E-state index in [0.29, 0.717) is 29.2 Å². The molecule has 2 rings (SSSR count). The first-order valence-corrected chi connectivity index (χ1v) is 7.85. The van der Waals surface area contributed by atoms with Crippen molar-refractivity contribution < 1.29 is 14.3 Å². The van der Waals surface area contributed by atoms with Crippen molar-refractivity contribution in [3.8, 4) is 11.5 Å². The molecular weight excluding hydrogens is 332 g/mol. The molecule has 0 saturated carbocycles. The molecule has 0 radical (unpaired) electrons. The van der Waals surface area contributed by atoms with E-state index in [-0.39, 0.29) is 5.78 Å². The fourth-order valence-electron chi connectivity index (χ4n) is 1.92. The quantitative estimate of drug-likeness (QED) is 0.429. The summed E-state index contributed by atoms with van der Waals surface area (Å²) in [6.07, 6.45) is 0.871. The van der Waals surface area contributed by atoms with Gasteiger partial charge >= 0.3 is 0 Å². The van der Waals surface area contributed by atoms with Crippen LogP contribution >= 0.6 is 15.9 Å². The van der Waals surface area contributed by atoms with Crippen molar-refractivity contribution in [3.63, 3.8) is 0 Å². The molecule has 2 aromatic carbocycles. The van der Waals surface area contributed by atoms with Gasteiger partial charge in [-0.15, -0.1) is 0 Å². The second-order valence-electron chi connectivity index (χ2n) is 4.45. The molecule has 0 amide bonds. The van der Waals surface area contributed by atoms with E-state index in [9.17, 15) is 4.79 Å². The highest BCUT2D eigenvalue weighted by Crippen LogP contribution is 2.27. The number of halogens is 1. The molecule has 0 atom stereocenters. The minimum atomic E-state index is -0.0490. The molecule has 4 heteroatoms. The van der Waals surface area contributed by atoms with E-state index in [1.165, 1.54) is 0 Å². The topological polar surface area (TPSA) is 35.5 Å². The first-order chi connectivity index (χ1) is 10.3. The number of alkyl halides is 1. The lowest BCUT2D eigenvalue weighted by Crippen LogP contribution is -2.07. The van der Waals surface area contributed by atoms with Crippen LogP contribution in [0.15, 0.2) is 48.5 Å². The number of ketones is 1. The number of methoxy groups -OCH3 is 1. The number of rotatable bonds is 7. The number of carbonyl (C=O) groups is 1. The van der Waals surface area contributed by atoms with Crippen molar-refractivity contribution in [1.82, 2.24) is 0 Å². The molecule has 3 nitrogen and oxygen atoms in total. The maximum Gasteiger partial charge on any atom is 0.196 e. The van der Waals surface area contributed by atoms with E-state index >= 15 is 0 Å². The van der Waals surface area contributed by atoms with Crippen LogP contribution < -0.4 is 9.47 Å². The van der Waals surface area contributed by atoms with Crippen LogP contribution in [0.25, 0.3) is 0 Å². The van der Waals surface area contributed by atoms with E-state index in [1.807, 2.05) is 18.2 Å². The number of hydrogen-bond acceptors (Lipinski definition) is 3. The average Bonchev–Trinajstić information content (AvgIpc) is 2.55. The standard InChI is InChI=1S/C17H17BrO3/c1-20-14-8-9-15(16(12-14)21-11-5-10-18)17(19)13-6-3-2-4-7-13/h2-4,6-9,12H,5,10-11H2,1H3. The number of benzene rings is 2. The van der Waals surface area contributed by atoms with Gasteiger partial charge < -0.3 is 9.47 Å². The SMILES string of the molecule is COc1ccc(C(=O)c2ccccc2)c(OCCCBr)c1. The fourth-order valence-corrected chi connectivity index (χ4v) is 2.15. The Morgan fingerprint density at radius 3 is 2.57 bits per heavy atom. The molecule has 0 spiro atoms. The number of ether oxygens (including phenoxy) is 2. The molecule has 0 aliphatic carbocycles. The summed E-state index contributed by atoms with van der Waals surface area (Å²) < 4.78 is 10.9. The third kappa shape index (κ3) is 4.08. The largest absolute Gasteiger partial charge is 0.497 e. The normalized spacial score (nSPS) is 10.2. The summed E-state index contributed by atoms with van der Waals surface area (Å²) in [7, 11) is 1.59. The number of carbonyl (C=O) groups excluding carboxylic acids is 1. The predicted molar refractivity (Wildman–Crippen MR) is 86.8 cm³/mol. The molecule has 0 bridgehead atoms. The average molecular weight is 349 g/mol. The van der Waals surface area contributed by atoms with E-state index < -0.39 is 0 Å². The Bertz CT molecular complexity index is 596. The van der Waals surface area contributed by atoms with E-state index in [4.69, 9.17) is 9.47 Å². The Morgan fingerprint density at radius 1 is 1.14 bits per heavy atom. The molecule has 0 aliphatic heterocycles. The van der Waals surface area contributed by atoms with Gasteiger partial charge in [-0.2, -0.15) is 0 Å². The molecule has 2 aromatic rings. The minimum Gasteiger partial charge on any atom is -0.497 e. The zero-order valence-electron chi connectivity index (χ0n) is 11.8. The molecular formula is C17H17BrO3. The molecule has 21 heavy (non-hydrogen) atoms. The summed E-state index contributed by atoms with van der Waals surface area (Å²) in [4.78, 5) is 12.6. The van der Waals surface area contributed by atoms with Crippen LogP contribution in [0.1, 0.15) is 22.3 Å². The van der Waals surface area contributed by atoms with Gasteiger partial charge in [0.15, 0.2) is 5.78 Å². The molecule has 0 heterocycles. The lowest BCUT2D eigenvalue weighted by molar-refractivity contribution is 0.103. The second-order valence-corrected chi connectivity index (χ2v) is 5.24. The molecule has 0 fully saturated rings. The van der Waals surface area contributed by atoms with Crippen molar-refractivity contribution >= 4 is 21.7 Å². The molecule has 0 unspecified atom stereocenters. The van der Waals surface area contributed by atoms with Crippen molar-refractivity contribution in [2.24, 2.45) is 0 Å². The first kappa shape index (κ1) is 15.6. The highest BCUT2D eigenvalue weighted by molar-refractivity contribution is 9.09. The Morgan fingerprint density at radius 2 is 1.90 bits per heavy atom. The molecule has 0 saturated heterocycles. The lowest BCUT2D eigenvalue weighted by atomic mass is 10.0. The third-order valence-corrected chi connectivity index (χ3v) is 3.57. The van der Waals surface area contributed by atoms with Gasteiger partial charge in [-0.3, -0.25) is 4.79 Å². The Kier molecular flexibility index (Phi) is 5.81. The van der Waals surface area contributed by atoms with Gasteiger partial charge in [-0.1, -0.05) is 46.3 Å². The molecule has 0 N–H and O–H groups in total. The van der Waals surface area contributed by atoms with Gasteiger partial charge in [0.05, 0.1) is 19.3 Å². The Labute approximate surface area is 133 Å². The van der Waals surface area contributed by atoms with Crippen LogP contribution in [-0.2, 0) is 0 Å². The first-order valence-electron chi connectivity index (χ1n) is 6.73. The maximum atomic E-state index is 12.6. The van der Waals surface area contributed by atoms with Crippen LogP contribution in [-0.4, -0.2) is 24.8 Å². The summed E-state index contributed by atoms with van der Waals surface area (Å²) in [6, 6.07) is 14.5. The van der Waals surface area contributed by atoms with Crippen molar-refractivity contribution in [1.29, 1.82) is 0 Å². The van der Waals surface area contributed by atoms with E-state index in [1.54, 1.807) is 37.4 Å². The van der Waals surface area contributed by atoms with Crippen LogP contribution in [0.4, 0.5) is 0 Å². The summed E-state index contributed by atoms with van der Waals surface area (Å²) in [5, 5.41) is 0.860. The predicted octanol–water partition coefficient (Wildman–Crippen LogP) is 4.09. The minimum absolute atomic E-state index is 0.0490. The zero-order chi connectivity index (χ0) is 15.1. The van der Waals surface area contributed by atoms with Gasteiger partial charge in [-0.05, 0) is 18.6 Å². The van der Waals surface area contributed by atoms with Crippen molar-refractivity contribution in [3.05, 3.63) is 59.7 Å². The summed E-state index contributed by atoms with van der Waals surface area (Å²) in [5.74, 6) is 1.18. The van der Waals surface area contributed by atoms with Gasteiger partial charge in [0, 0.05) is 17.0 Å². The van der Waals surface area contributed by atoms with E-state index in [0.717, 1.165) is 11.8 Å². The van der Waals surface area contributed by atoms with Crippen LogP contribution in [0.5, 0.6) is 11.5 Å². The van der Waals surface area contributed by atoms with Gasteiger partial charge in [0.1, 0.15) is 11.5 Å². The smallest absolute Gasteiger partial charge is 0.196 e. The van der Waals surface area contributed by atoms with Crippen molar-refractivity contribution in [2.75, 3.05) is 19.0 Å². The van der Waals surface area contributed by atoms with Gasteiger partial charge in [-0.25, -0.2) is 0 Å². The van der Waals surface area contributed by atoms with Gasteiger partial charge in [0.2, 0.25) is 0 Å². The zero-order valence-corrected chi connectivity index (χ0v) is 13.4. The Hall–Kier alpha value is -1.81. The van der Waals surface area contributed by atoms with Crippen LogP contribution in [0.3, 0.4) is 0 Å². The van der Waals surface area contributed by atoms with Crippen molar-refractivity contribution in [2.45, 2.75) is 6.42 Å². The molecule has 0 aliphatic rings. The monoisotopic (exact) mass is 348 g/mol. The Balaban J connectivity index is 2.30. The summed E-state index contributed by atoms with van der Waals surface area (Å²) >= 11 is 3.36. The van der Waals surface area contributed by atoms with Crippen LogP contribution in [0.2, 0.25) is 0 Å². The van der Waals surface area contributed by atoms with Gasteiger partial charge in [0.25, 0.3) is 0 Å². The molecule has 110 valence electrons. The van der Waals surface area contributed by atoms with E-state index in [2.05, 4.69) is 15.9 Å². The highest BCUT2D eigenvalue weighted by Gasteiger charge is 2.15. The summed E-state index contributed by atoms with van der Waals surface area (Å²) in [6.45, 7) is 0.549. The third-order valence-electron chi connectivity index (χ3n) is 3.00. The maximum absolute atomic E-state index is 12.6. The summed E-state index contributed by atoms with van der Waals surface area (Å²) in [5.41, 5.74) is 1.20.